The Kier molecular flexibility index (Phi) is 11.1. The normalized spacial score (nSPS) is 18.2. The Morgan fingerprint density at radius 1 is 1.13 bits per heavy atom. The van der Waals surface area contributed by atoms with Gasteiger partial charge in [-0.1, -0.05) is 37.1 Å². The number of guanidine groups is 1. The fraction of sp³-hybridized carbons (Fsp3) is 0.667. The molecule has 2 aliphatic rings. The number of amides is 1. The van der Waals surface area contributed by atoms with Crippen molar-refractivity contribution in [3.05, 3.63) is 35.4 Å². The number of carbonyl (C=O) groups excluding carboxylic acids is 1. The molecule has 1 saturated carbocycles. The molecule has 7 heteroatoms. The lowest BCUT2D eigenvalue weighted by molar-refractivity contribution is -0.128. The molecule has 1 aromatic rings. The van der Waals surface area contributed by atoms with Crippen LogP contribution in [0.5, 0.6) is 0 Å². The molecule has 0 radical (unpaired) electrons. The number of carbonyl (C=O) groups is 1. The summed E-state index contributed by atoms with van der Waals surface area (Å²) in [5.41, 5.74) is 2.73. The van der Waals surface area contributed by atoms with Crippen LogP contribution in [-0.2, 0) is 22.6 Å². The summed E-state index contributed by atoms with van der Waals surface area (Å²) in [6.07, 6.45) is 7.97. The lowest BCUT2D eigenvalue weighted by atomic mass is 9.83. The molecule has 1 heterocycles. The minimum absolute atomic E-state index is 0. The summed E-state index contributed by atoms with van der Waals surface area (Å²) in [5, 5.41) is 6.99. The van der Waals surface area contributed by atoms with Gasteiger partial charge in [-0.25, -0.2) is 0 Å². The van der Waals surface area contributed by atoms with E-state index in [1.165, 1.54) is 36.8 Å². The zero-order valence-corrected chi connectivity index (χ0v) is 21.5. The minimum Gasteiger partial charge on any atom is -0.382 e. The van der Waals surface area contributed by atoms with Crippen molar-refractivity contribution in [3.8, 4) is 0 Å². The maximum Gasteiger partial charge on any atom is 0.222 e. The van der Waals surface area contributed by atoms with Crippen LogP contribution in [0.25, 0.3) is 0 Å². The second-order valence-electron chi connectivity index (χ2n) is 8.67. The molecule has 2 N–H and O–H groups in total. The zero-order valence-electron chi connectivity index (χ0n) is 19.1. The first-order chi connectivity index (χ1) is 14.6. The van der Waals surface area contributed by atoms with Gasteiger partial charge in [-0.15, -0.1) is 24.0 Å². The van der Waals surface area contributed by atoms with Gasteiger partial charge in [0.2, 0.25) is 5.91 Å². The maximum absolute atomic E-state index is 11.8. The van der Waals surface area contributed by atoms with E-state index < -0.39 is 0 Å². The van der Waals surface area contributed by atoms with Crippen LogP contribution in [0, 0.1) is 5.41 Å². The van der Waals surface area contributed by atoms with Crippen molar-refractivity contribution in [2.75, 3.05) is 33.4 Å². The van der Waals surface area contributed by atoms with Crippen LogP contribution in [0.4, 0.5) is 0 Å². The Labute approximate surface area is 204 Å². The Morgan fingerprint density at radius 2 is 1.84 bits per heavy atom. The van der Waals surface area contributed by atoms with E-state index in [4.69, 9.17) is 4.74 Å². The quantitative estimate of drug-likeness (QED) is 0.203. The van der Waals surface area contributed by atoms with Crippen LogP contribution in [0.2, 0.25) is 0 Å². The number of hydrogen-bond donors (Lipinski definition) is 2. The average molecular weight is 543 g/mol. The molecular weight excluding hydrogens is 503 g/mol. The van der Waals surface area contributed by atoms with Gasteiger partial charge < -0.3 is 20.3 Å². The topological polar surface area (TPSA) is 66.0 Å². The van der Waals surface area contributed by atoms with Crippen molar-refractivity contribution < 1.29 is 9.53 Å². The molecule has 174 valence electrons. The number of nitrogens with one attached hydrogen (secondary N) is 2. The highest BCUT2D eigenvalue weighted by Crippen LogP contribution is 2.40. The molecule has 0 atom stereocenters. The number of likely N-dealkylation sites (tertiary alicyclic amines) is 1. The van der Waals surface area contributed by atoms with Crippen molar-refractivity contribution in [1.29, 1.82) is 0 Å². The molecule has 0 unspecified atom stereocenters. The monoisotopic (exact) mass is 542 g/mol. The highest BCUT2D eigenvalue weighted by molar-refractivity contribution is 14.0. The SMILES string of the molecule is CCOCCC1(CNC(=NC)NCc2ccc(CN3CCCC3=O)cc2)CCCC1.I. The summed E-state index contributed by atoms with van der Waals surface area (Å²) in [5.74, 6) is 1.13. The van der Waals surface area contributed by atoms with E-state index in [2.05, 4.69) is 46.8 Å². The smallest absolute Gasteiger partial charge is 0.222 e. The number of hydrogen-bond acceptors (Lipinski definition) is 3. The highest BCUT2D eigenvalue weighted by Gasteiger charge is 2.33. The first kappa shape index (κ1) is 25.9. The predicted molar refractivity (Wildman–Crippen MR) is 137 cm³/mol. The molecule has 0 spiro atoms. The minimum atomic E-state index is 0. The summed E-state index contributed by atoms with van der Waals surface area (Å²) in [6, 6.07) is 8.52. The fourth-order valence-electron chi connectivity index (χ4n) is 4.60. The Bertz CT molecular complexity index is 702. The molecule has 1 aromatic carbocycles. The van der Waals surface area contributed by atoms with Crippen LogP contribution in [-0.4, -0.2) is 50.1 Å². The van der Waals surface area contributed by atoms with Gasteiger partial charge >= 0.3 is 0 Å². The fourth-order valence-corrected chi connectivity index (χ4v) is 4.60. The Balaban J connectivity index is 0.00000341. The third-order valence-corrected chi connectivity index (χ3v) is 6.53. The maximum atomic E-state index is 11.8. The standard InChI is InChI=1S/C24H38N4O2.HI/c1-3-30-16-14-24(12-4-5-13-24)19-27-23(25-2)26-17-20-8-10-21(11-9-20)18-28-15-6-7-22(28)29;/h8-11H,3-7,12-19H2,1-2H3,(H2,25,26,27);1H. The first-order valence-corrected chi connectivity index (χ1v) is 11.5. The average Bonchev–Trinajstić information content (AvgIpc) is 3.39. The molecule has 1 aliphatic carbocycles. The van der Waals surface area contributed by atoms with Crippen LogP contribution in [0.3, 0.4) is 0 Å². The lowest BCUT2D eigenvalue weighted by Crippen LogP contribution is -2.43. The highest BCUT2D eigenvalue weighted by atomic mass is 127. The zero-order chi connectivity index (χ0) is 21.2. The number of halogens is 1. The van der Waals surface area contributed by atoms with Crippen LogP contribution < -0.4 is 10.6 Å². The van der Waals surface area contributed by atoms with Crippen LogP contribution in [0.1, 0.15) is 63.0 Å². The number of nitrogens with zero attached hydrogens (tertiary/aromatic N) is 2. The van der Waals surface area contributed by atoms with Gasteiger partial charge in [0.05, 0.1) is 0 Å². The molecule has 2 fully saturated rings. The number of aliphatic imine (C=N–C) groups is 1. The second kappa shape index (κ2) is 13.3. The molecule has 1 aliphatic heterocycles. The third-order valence-electron chi connectivity index (χ3n) is 6.53. The summed E-state index contributed by atoms with van der Waals surface area (Å²) in [6.45, 7) is 6.98. The van der Waals surface area contributed by atoms with E-state index in [1.807, 2.05) is 11.9 Å². The second-order valence-corrected chi connectivity index (χ2v) is 8.67. The lowest BCUT2D eigenvalue weighted by Gasteiger charge is -2.30. The molecule has 0 aromatic heterocycles. The van der Waals surface area contributed by atoms with Crippen molar-refractivity contribution >= 4 is 35.8 Å². The number of ether oxygens (including phenoxy) is 1. The Hall–Kier alpha value is -1.35. The van der Waals surface area contributed by atoms with E-state index in [0.717, 1.165) is 58.2 Å². The molecule has 1 amide bonds. The van der Waals surface area contributed by atoms with Gasteiger partial charge in [0.25, 0.3) is 0 Å². The van der Waals surface area contributed by atoms with Crippen LogP contribution in [0.15, 0.2) is 29.3 Å². The molecule has 1 saturated heterocycles. The summed E-state index contributed by atoms with van der Waals surface area (Å²) < 4.78 is 5.62. The van der Waals surface area contributed by atoms with Crippen LogP contribution >= 0.6 is 24.0 Å². The third kappa shape index (κ3) is 7.93. The van der Waals surface area contributed by atoms with Gasteiger partial charge in [0, 0.05) is 52.9 Å². The summed E-state index contributed by atoms with van der Waals surface area (Å²) >= 11 is 0. The van der Waals surface area contributed by atoms with Gasteiger partial charge in [-0.05, 0) is 49.1 Å². The van der Waals surface area contributed by atoms with Crippen molar-refractivity contribution in [1.82, 2.24) is 15.5 Å². The summed E-state index contributed by atoms with van der Waals surface area (Å²) in [4.78, 5) is 18.2. The molecule has 3 rings (SSSR count). The number of benzene rings is 1. The largest absolute Gasteiger partial charge is 0.382 e. The van der Waals surface area contributed by atoms with Gasteiger partial charge in [0.1, 0.15) is 0 Å². The molecule has 31 heavy (non-hydrogen) atoms. The van der Waals surface area contributed by atoms with Gasteiger partial charge in [-0.2, -0.15) is 0 Å². The van der Waals surface area contributed by atoms with Crippen molar-refractivity contribution in [2.24, 2.45) is 10.4 Å². The number of rotatable bonds is 10. The van der Waals surface area contributed by atoms with E-state index in [-0.39, 0.29) is 29.9 Å². The van der Waals surface area contributed by atoms with Gasteiger partial charge in [-0.3, -0.25) is 9.79 Å². The van der Waals surface area contributed by atoms with Gasteiger partial charge in [0.15, 0.2) is 5.96 Å². The molecular formula is C24H39IN4O2. The summed E-state index contributed by atoms with van der Waals surface area (Å²) in [7, 11) is 1.83. The van der Waals surface area contributed by atoms with Crippen molar-refractivity contribution in [3.63, 3.8) is 0 Å². The van der Waals surface area contributed by atoms with Crippen molar-refractivity contribution in [2.45, 2.75) is 65.0 Å². The first-order valence-electron chi connectivity index (χ1n) is 11.5. The van der Waals surface area contributed by atoms with E-state index in [1.54, 1.807) is 0 Å². The Morgan fingerprint density at radius 3 is 2.45 bits per heavy atom. The van der Waals surface area contributed by atoms with E-state index >= 15 is 0 Å². The predicted octanol–water partition coefficient (Wildman–Crippen LogP) is 4.08. The molecule has 0 bridgehead atoms. The van der Waals surface area contributed by atoms with E-state index in [9.17, 15) is 4.79 Å². The van der Waals surface area contributed by atoms with E-state index in [0.29, 0.717) is 11.8 Å². The molecule has 6 nitrogen and oxygen atoms in total.